The van der Waals surface area contributed by atoms with Crippen LogP contribution in [-0.2, 0) is 6.18 Å². The summed E-state index contributed by atoms with van der Waals surface area (Å²) in [6, 6.07) is 6.97. The third-order valence-corrected chi connectivity index (χ3v) is 6.50. The van der Waals surface area contributed by atoms with Crippen molar-refractivity contribution in [1.29, 1.82) is 0 Å². The molecule has 0 fully saturated rings. The average molecular weight is 544 g/mol. The van der Waals surface area contributed by atoms with Gasteiger partial charge in [-0.2, -0.15) is 13.2 Å². The molecule has 0 saturated heterocycles. The molecule has 0 spiro atoms. The van der Waals surface area contributed by atoms with Crippen LogP contribution in [-0.4, -0.2) is 9.97 Å². The van der Waals surface area contributed by atoms with Gasteiger partial charge in [-0.3, -0.25) is 0 Å². The highest BCUT2D eigenvalue weighted by Gasteiger charge is 2.35. The summed E-state index contributed by atoms with van der Waals surface area (Å²) in [5.74, 6) is -1.29. The highest BCUT2D eigenvalue weighted by atomic mass is 35.5. The number of anilines is 1. The minimum absolute atomic E-state index is 0.0128. The summed E-state index contributed by atoms with van der Waals surface area (Å²) in [6.45, 7) is 11.6. The number of imidazole rings is 1. The summed E-state index contributed by atoms with van der Waals surface area (Å²) < 4.78 is 68.2. The fourth-order valence-electron chi connectivity index (χ4n) is 4.48. The van der Waals surface area contributed by atoms with Crippen LogP contribution in [0.1, 0.15) is 39.7 Å². The van der Waals surface area contributed by atoms with E-state index in [4.69, 9.17) is 17.3 Å². The summed E-state index contributed by atoms with van der Waals surface area (Å²) in [4.78, 5) is 7.56. The van der Waals surface area contributed by atoms with Gasteiger partial charge >= 0.3 is 6.18 Å². The summed E-state index contributed by atoms with van der Waals surface area (Å²) in [5.41, 5.74) is 7.98. The number of aromatic amines is 1. The zero-order valence-electron chi connectivity index (χ0n) is 19.5. The number of H-pyrrole nitrogens is 1. The maximum atomic E-state index is 14.2. The van der Waals surface area contributed by atoms with Gasteiger partial charge in [-0.25, -0.2) is 13.8 Å². The smallest absolute Gasteiger partial charge is 0.396 e. The molecular weight excluding hydrogens is 525 g/mol. The van der Waals surface area contributed by atoms with Gasteiger partial charge in [0, 0.05) is 44.4 Å². The summed E-state index contributed by atoms with van der Waals surface area (Å²) >= 11 is 6.41. The molecule has 0 radical (unpaired) electrons. The lowest BCUT2D eigenvalue weighted by Gasteiger charge is -2.20. The molecule has 5 nitrogen and oxygen atoms in total. The van der Waals surface area contributed by atoms with E-state index in [1.165, 1.54) is 18.2 Å². The van der Waals surface area contributed by atoms with Crippen LogP contribution < -0.4 is 16.4 Å². The second-order valence-electron chi connectivity index (χ2n) is 8.77. The molecule has 0 saturated carbocycles. The summed E-state index contributed by atoms with van der Waals surface area (Å²) in [5, 5.41) is 6.47. The fraction of sp³-hybridized carbons (Fsp3) is 0.0741. The number of nitrogens with two attached hydrogens (primary N) is 1. The van der Waals surface area contributed by atoms with E-state index in [0.29, 0.717) is 51.0 Å². The van der Waals surface area contributed by atoms with Gasteiger partial charge in [-0.05, 0) is 42.5 Å². The predicted octanol–water partition coefficient (Wildman–Crippen LogP) is 7.19. The number of fused-ring (bicyclic) bond motifs is 3. The van der Waals surface area contributed by atoms with Crippen molar-refractivity contribution >= 4 is 45.4 Å². The van der Waals surface area contributed by atoms with E-state index in [0.717, 1.165) is 12.1 Å². The number of aromatic nitrogens is 2. The molecule has 4 aromatic rings. The Hall–Kier alpha value is -4.31. The normalized spacial score (nSPS) is 14.9. The number of benzene rings is 3. The Labute approximate surface area is 218 Å². The van der Waals surface area contributed by atoms with Gasteiger partial charge in [-0.1, -0.05) is 31.3 Å². The molecule has 5 rings (SSSR count). The number of nitrogens with zero attached hydrogens (tertiary/aromatic N) is 1. The molecule has 1 aliphatic heterocycles. The van der Waals surface area contributed by atoms with E-state index >= 15 is 0 Å². The Balaban J connectivity index is 1.70. The fourth-order valence-corrected chi connectivity index (χ4v) is 4.70. The topological polar surface area (TPSA) is 78.8 Å². The van der Waals surface area contributed by atoms with Crippen LogP contribution in [0.25, 0.3) is 28.1 Å². The van der Waals surface area contributed by atoms with E-state index < -0.39 is 29.4 Å². The Morgan fingerprint density at radius 2 is 1.79 bits per heavy atom. The largest absolute Gasteiger partial charge is 0.416 e. The van der Waals surface area contributed by atoms with Crippen LogP contribution in [0.5, 0.6) is 0 Å². The second kappa shape index (κ2) is 8.91. The van der Waals surface area contributed by atoms with Crippen LogP contribution in [0, 0.1) is 11.6 Å². The van der Waals surface area contributed by atoms with Crippen molar-refractivity contribution in [3.8, 4) is 0 Å². The monoisotopic (exact) mass is 543 g/mol. The van der Waals surface area contributed by atoms with Crippen LogP contribution in [0.2, 0.25) is 5.02 Å². The van der Waals surface area contributed by atoms with Gasteiger partial charge < -0.3 is 21.4 Å². The first-order valence-electron chi connectivity index (χ1n) is 11.1. The van der Waals surface area contributed by atoms with Crippen molar-refractivity contribution in [2.75, 3.05) is 5.32 Å². The van der Waals surface area contributed by atoms with Gasteiger partial charge in [0.25, 0.3) is 0 Å². The third-order valence-electron chi connectivity index (χ3n) is 6.16. The van der Waals surface area contributed by atoms with E-state index in [-0.39, 0.29) is 22.0 Å². The molecular formula is C27H19ClF5N5. The average Bonchev–Trinajstić information content (AvgIpc) is 3.41. The number of hydrogen-bond acceptors (Lipinski definition) is 4. The van der Waals surface area contributed by atoms with Gasteiger partial charge in [0.15, 0.2) is 5.82 Å². The maximum absolute atomic E-state index is 14.2. The van der Waals surface area contributed by atoms with Crippen molar-refractivity contribution in [2.24, 2.45) is 5.73 Å². The van der Waals surface area contributed by atoms with Crippen LogP contribution >= 0.6 is 11.6 Å². The number of nitrogens with one attached hydrogen (secondary N) is 3. The zero-order chi connectivity index (χ0) is 27.5. The second-order valence-corrected chi connectivity index (χ2v) is 9.18. The molecule has 1 aliphatic rings. The molecule has 11 heteroatoms. The van der Waals surface area contributed by atoms with Crippen LogP contribution in [0.3, 0.4) is 0 Å². The van der Waals surface area contributed by atoms with Gasteiger partial charge in [0.1, 0.15) is 11.6 Å². The van der Waals surface area contributed by atoms with Gasteiger partial charge in [0.05, 0.1) is 28.3 Å². The van der Waals surface area contributed by atoms with E-state index in [2.05, 4.69) is 40.3 Å². The summed E-state index contributed by atoms with van der Waals surface area (Å²) in [7, 11) is 0. The van der Waals surface area contributed by atoms with Crippen molar-refractivity contribution in [3.63, 3.8) is 0 Å². The van der Waals surface area contributed by atoms with Crippen molar-refractivity contribution in [1.82, 2.24) is 15.3 Å². The highest BCUT2D eigenvalue weighted by molar-refractivity contribution is 6.31. The number of rotatable bonds is 5. The van der Waals surface area contributed by atoms with E-state index in [1.54, 1.807) is 6.07 Å². The standard InChI is InChI=1S/C27H19ClF5N5/c1-11(34)26-37-21-10-20(35-12(2)14-6-15(27(31,32)33)8-17(30)7-14)23-22(25(21)38-26)13(3)36-24(23)18-9-16(29)4-5-19(18)28/h4-10,24,35-36H,1-3,34H2,(H,37,38). The van der Waals surface area contributed by atoms with Crippen molar-refractivity contribution < 1.29 is 22.0 Å². The van der Waals surface area contributed by atoms with Gasteiger partial charge in [-0.15, -0.1) is 0 Å². The highest BCUT2D eigenvalue weighted by Crippen LogP contribution is 2.46. The molecule has 194 valence electrons. The minimum atomic E-state index is -4.75. The Morgan fingerprint density at radius 1 is 1.05 bits per heavy atom. The molecule has 1 aromatic heterocycles. The lowest BCUT2D eigenvalue weighted by atomic mass is 9.94. The lowest BCUT2D eigenvalue weighted by Crippen LogP contribution is -2.15. The molecule has 1 unspecified atom stereocenters. The summed E-state index contributed by atoms with van der Waals surface area (Å²) in [6.07, 6.45) is -4.75. The molecule has 0 amide bonds. The Bertz CT molecular complexity index is 1670. The molecule has 38 heavy (non-hydrogen) atoms. The molecule has 5 N–H and O–H groups in total. The van der Waals surface area contributed by atoms with Crippen LogP contribution in [0.4, 0.5) is 27.6 Å². The zero-order valence-corrected chi connectivity index (χ0v) is 20.3. The SMILES string of the molecule is C=C(Nc1cc2[nH]c(C(=C)N)nc2c2c1C(c1cc(F)ccc1Cl)NC2=C)c1cc(F)cc(C(F)(F)F)c1. The van der Waals surface area contributed by atoms with E-state index in [9.17, 15) is 22.0 Å². The van der Waals surface area contributed by atoms with Crippen molar-refractivity contribution in [3.05, 3.63) is 113 Å². The van der Waals surface area contributed by atoms with Crippen molar-refractivity contribution in [2.45, 2.75) is 12.2 Å². The predicted molar refractivity (Wildman–Crippen MR) is 139 cm³/mol. The Kier molecular flexibility index (Phi) is 5.94. The Morgan fingerprint density at radius 3 is 2.47 bits per heavy atom. The number of alkyl halides is 3. The first-order valence-corrected chi connectivity index (χ1v) is 11.5. The van der Waals surface area contributed by atoms with E-state index in [1.807, 2.05) is 0 Å². The maximum Gasteiger partial charge on any atom is 0.416 e. The first kappa shape index (κ1) is 25.3. The third kappa shape index (κ3) is 4.37. The lowest BCUT2D eigenvalue weighted by molar-refractivity contribution is -0.137. The van der Waals surface area contributed by atoms with Crippen LogP contribution in [0.15, 0.2) is 62.2 Å². The minimum Gasteiger partial charge on any atom is -0.396 e. The molecule has 3 aromatic carbocycles. The molecule has 2 heterocycles. The number of halogens is 6. The molecule has 1 atom stereocenters. The molecule has 0 aliphatic carbocycles. The van der Waals surface area contributed by atoms with Gasteiger partial charge in [0.2, 0.25) is 0 Å². The number of hydrogen-bond donors (Lipinski definition) is 4. The quantitative estimate of drug-likeness (QED) is 0.201. The first-order chi connectivity index (χ1) is 17.8. The molecule has 0 bridgehead atoms.